The molecular formula is C11H20N4O. The van der Waals surface area contributed by atoms with E-state index in [0.717, 1.165) is 51.6 Å². The Morgan fingerprint density at radius 2 is 2.12 bits per heavy atom. The fourth-order valence-electron chi connectivity index (χ4n) is 1.97. The van der Waals surface area contributed by atoms with Crippen LogP contribution >= 0.6 is 0 Å². The number of ether oxygens (including phenoxy) is 1. The van der Waals surface area contributed by atoms with Gasteiger partial charge in [0.2, 0.25) is 0 Å². The first-order chi connectivity index (χ1) is 7.90. The van der Waals surface area contributed by atoms with Crippen LogP contribution in [0.5, 0.6) is 0 Å². The van der Waals surface area contributed by atoms with Gasteiger partial charge in [0.05, 0.1) is 13.2 Å². The first-order valence-electron chi connectivity index (χ1n) is 5.90. The summed E-state index contributed by atoms with van der Waals surface area (Å²) in [6.45, 7) is 6.53. The molecule has 1 saturated heterocycles. The predicted octanol–water partition coefficient (Wildman–Crippen LogP) is -0.284. The van der Waals surface area contributed by atoms with Crippen molar-refractivity contribution in [2.75, 3.05) is 39.4 Å². The van der Waals surface area contributed by atoms with Gasteiger partial charge in [0.15, 0.2) is 0 Å². The smallest absolute Gasteiger partial charge is 0.109 e. The van der Waals surface area contributed by atoms with Gasteiger partial charge in [-0.2, -0.15) is 0 Å². The summed E-state index contributed by atoms with van der Waals surface area (Å²) in [7, 11) is 0. The average Bonchev–Trinajstić information content (AvgIpc) is 2.76. The Balaban J connectivity index is 1.81. The molecule has 0 aliphatic carbocycles. The number of rotatable bonds is 5. The van der Waals surface area contributed by atoms with Crippen molar-refractivity contribution in [3.8, 4) is 0 Å². The zero-order chi connectivity index (χ0) is 11.2. The maximum Gasteiger partial charge on any atom is 0.109 e. The van der Waals surface area contributed by atoms with Crippen LogP contribution in [-0.2, 0) is 17.7 Å². The fourth-order valence-corrected chi connectivity index (χ4v) is 1.97. The third-order valence-corrected chi connectivity index (χ3v) is 2.93. The maximum atomic E-state index is 5.55. The Labute approximate surface area is 96.2 Å². The maximum absolute atomic E-state index is 5.55. The molecule has 2 rings (SSSR count). The Kier molecular flexibility index (Phi) is 4.33. The standard InChI is InChI=1S/C11H20N4O/c12-2-1-11-13-3-4-15(11)6-5-14-7-9-16-10-8-14/h3-4H,1-2,5-10,12H2. The van der Waals surface area contributed by atoms with E-state index in [-0.39, 0.29) is 0 Å². The van der Waals surface area contributed by atoms with Gasteiger partial charge in [-0.05, 0) is 6.54 Å². The van der Waals surface area contributed by atoms with Gasteiger partial charge in [0, 0.05) is 45.0 Å². The van der Waals surface area contributed by atoms with Crippen LogP contribution in [0.1, 0.15) is 5.82 Å². The lowest BCUT2D eigenvalue weighted by atomic mass is 10.4. The Morgan fingerprint density at radius 1 is 1.31 bits per heavy atom. The summed E-state index contributed by atoms with van der Waals surface area (Å²) in [5.41, 5.74) is 5.55. The van der Waals surface area contributed by atoms with Gasteiger partial charge in [0.1, 0.15) is 5.82 Å². The van der Waals surface area contributed by atoms with Crippen LogP contribution in [0, 0.1) is 0 Å². The molecule has 0 amide bonds. The summed E-state index contributed by atoms with van der Waals surface area (Å²) in [6, 6.07) is 0. The number of nitrogens with two attached hydrogens (primary N) is 1. The largest absolute Gasteiger partial charge is 0.379 e. The van der Waals surface area contributed by atoms with Crippen molar-refractivity contribution in [3.05, 3.63) is 18.2 Å². The molecule has 2 heterocycles. The topological polar surface area (TPSA) is 56.3 Å². The van der Waals surface area contributed by atoms with Gasteiger partial charge >= 0.3 is 0 Å². The van der Waals surface area contributed by atoms with E-state index in [1.54, 1.807) is 0 Å². The minimum atomic E-state index is 0.661. The predicted molar refractivity (Wildman–Crippen MR) is 62.2 cm³/mol. The van der Waals surface area contributed by atoms with Crippen LogP contribution in [0.3, 0.4) is 0 Å². The molecule has 0 saturated carbocycles. The highest BCUT2D eigenvalue weighted by Gasteiger charge is 2.10. The van der Waals surface area contributed by atoms with E-state index in [0.29, 0.717) is 6.54 Å². The summed E-state index contributed by atoms with van der Waals surface area (Å²) in [6.07, 6.45) is 4.74. The fraction of sp³-hybridized carbons (Fsp3) is 0.727. The Morgan fingerprint density at radius 3 is 2.88 bits per heavy atom. The third kappa shape index (κ3) is 3.04. The zero-order valence-corrected chi connectivity index (χ0v) is 9.64. The van der Waals surface area contributed by atoms with E-state index < -0.39 is 0 Å². The molecule has 1 aromatic heterocycles. The van der Waals surface area contributed by atoms with Crippen LogP contribution < -0.4 is 5.73 Å². The molecule has 0 atom stereocenters. The van der Waals surface area contributed by atoms with Crippen LogP contribution in [0.2, 0.25) is 0 Å². The molecule has 5 nitrogen and oxygen atoms in total. The lowest BCUT2D eigenvalue weighted by molar-refractivity contribution is 0.0363. The molecular weight excluding hydrogens is 204 g/mol. The second-order valence-electron chi connectivity index (χ2n) is 4.03. The molecule has 0 spiro atoms. The van der Waals surface area contributed by atoms with Crippen molar-refractivity contribution < 1.29 is 4.74 Å². The van der Waals surface area contributed by atoms with Crippen molar-refractivity contribution in [2.45, 2.75) is 13.0 Å². The zero-order valence-electron chi connectivity index (χ0n) is 9.64. The first kappa shape index (κ1) is 11.6. The van der Waals surface area contributed by atoms with Crippen LogP contribution in [0.4, 0.5) is 0 Å². The average molecular weight is 224 g/mol. The number of hydrogen-bond donors (Lipinski definition) is 1. The highest BCUT2D eigenvalue weighted by atomic mass is 16.5. The molecule has 2 N–H and O–H groups in total. The summed E-state index contributed by atoms with van der Waals surface area (Å²) in [5.74, 6) is 1.09. The SMILES string of the molecule is NCCc1nccn1CCN1CCOCC1. The molecule has 1 aromatic rings. The van der Waals surface area contributed by atoms with E-state index in [4.69, 9.17) is 10.5 Å². The summed E-state index contributed by atoms with van der Waals surface area (Å²) < 4.78 is 7.52. The van der Waals surface area contributed by atoms with E-state index in [2.05, 4.69) is 14.5 Å². The molecule has 1 aliphatic heterocycles. The molecule has 0 radical (unpaired) electrons. The second kappa shape index (κ2) is 5.98. The van der Waals surface area contributed by atoms with Crippen molar-refractivity contribution in [1.82, 2.24) is 14.5 Å². The number of aromatic nitrogens is 2. The first-order valence-corrected chi connectivity index (χ1v) is 5.90. The highest BCUT2D eigenvalue weighted by molar-refractivity contribution is 4.93. The van der Waals surface area contributed by atoms with E-state index in [1.807, 2.05) is 12.4 Å². The van der Waals surface area contributed by atoms with Crippen molar-refractivity contribution in [3.63, 3.8) is 0 Å². The monoisotopic (exact) mass is 224 g/mol. The minimum Gasteiger partial charge on any atom is -0.379 e. The number of imidazole rings is 1. The molecule has 5 heteroatoms. The second-order valence-corrected chi connectivity index (χ2v) is 4.03. The Hall–Kier alpha value is -0.910. The molecule has 1 aliphatic rings. The van der Waals surface area contributed by atoms with Crippen molar-refractivity contribution >= 4 is 0 Å². The minimum absolute atomic E-state index is 0.661. The summed E-state index contributed by atoms with van der Waals surface area (Å²) in [4.78, 5) is 6.74. The van der Waals surface area contributed by atoms with Gasteiger partial charge in [-0.3, -0.25) is 4.90 Å². The molecule has 90 valence electrons. The number of morpholine rings is 1. The van der Waals surface area contributed by atoms with Gasteiger partial charge in [-0.15, -0.1) is 0 Å². The summed E-state index contributed by atoms with van der Waals surface area (Å²) in [5, 5.41) is 0. The van der Waals surface area contributed by atoms with E-state index >= 15 is 0 Å². The summed E-state index contributed by atoms with van der Waals surface area (Å²) >= 11 is 0. The third-order valence-electron chi connectivity index (χ3n) is 2.93. The van der Waals surface area contributed by atoms with Gasteiger partial charge in [-0.25, -0.2) is 4.98 Å². The van der Waals surface area contributed by atoms with Gasteiger partial charge in [-0.1, -0.05) is 0 Å². The Bertz CT molecular complexity index is 307. The lowest BCUT2D eigenvalue weighted by Gasteiger charge is -2.26. The normalized spacial score (nSPS) is 17.8. The molecule has 0 unspecified atom stereocenters. The van der Waals surface area contributed by atoms with Gasteiger partial charge < -0.3 is 15.0 Å². The number of hydrogen-bond acceptors (Lipinski definition) is 4. The van der Waals surface area contributed by atoms with Crippen LogP contribution in [0.15, 0.2) is 12.4 Å². The molecule has 1 fully saturated rings. The van der Waals surface area contributed by atoms with Gasteiger partial charge in [0.25, 0.3) is 0 Å². The molecule has 0 bridgehead atoms. The van der Waals surface area contributed by atoms with E-state index in [1.165, 1.54) is 0 Å². The van der Waals surface area contributed by atoms with E-state index in [9.17, 15) is 0 Å². The van der Waals surface area contributed by atoms with Crippen LogP contribution in [0.25, 0.3) is 0 Å². The van der Waals surface area contributed by atoms with Crippen LogP contribution in [-0.4, -0.2) is 53.8 Å². The number of nitrogens with zero attached hydrogens (tertiary/aromatic N) is 3. The van der Waals surface area contributed by atoms with Crippen molar-refractivity contribution in [2.24, 2.45) is 5.73 Å². The molecule has 0 aromatic carbocycles. The highest BCUT2D eigenvalue weighted by Crippen LogP contribution is 2.01. The molecule has 16 heavy (non-hydrogen) atoms. The quantitative estimate of drug-likeness (QED) is 0.747. The lowest BCUT2D eigenvalue weighted by Crippen LogP contribution is -2.38. The van der Waals surface area contributed by atoms with Crippen molar-refractivity contribution in [1.29, 1.82) is 0 Å².